The van der Waals surface area contributed by atoms with Gasteiger partial charge in [0.1, 0.15) is 11.6 Å². The van der Waals surface area contributed by atoms with Crippen LogP contribution in [-0.2, 0) is 0 Å². The van der Waals surface area contributed by atoms with Gasteiger partial charge in [-0.2, -0.15) is 0 Å². The number of likely N-dealkylation sites (tertiary alicyclic amines) is 1. The molecule has 0 amide bonds. The van der Waals surface area contributed by atoms with Crippen LogP contribution >= 0.6 is 0 Å². The Labute approximate surface area is 143 Å². The highest BCUT2D eigenvalue weighted by Gasteiger charge is 2.30. The van der Waals surface area contributed by atoms with Gasteiger partial charge in [-0.1, -0.05) is 30.9 Å². The number of nitrogens with one attached hydrogen (secondary N) is 1. The van der Waals surface area contributed by atoms with Gasteiger partial charge in [-0.05, 0) is 44.7 Å². The molecule has 1 saturated carbocycles. The average molecular weight is 334 g/mol. The first kappa shape index (κ1) is 17.6. The van der Waals surface area contributed by atoms with Crippen molar-refractivity contribution in [3.05, 3.63) is 41.0 Å². The van der Waals surface area contributed by atoms with Crippen LogP contribution in [0.4, 0.5) is 8.78 Å². The monoisotopic (exact) mass is 334 g/mol. The summed E-state index contributed by atoms with van der Waals surface area (Å²) >= 11 is 0. The van der Waals surface area contributed by atoms with Gasteiger partial charge in [-0.3, -0.25) is 10.2 Å². The molecule has 2 aliphatic rings. The molecule has 2 fully saturated rings. The lowest BCUT2D eigenvalue weighted by molar-refractivity contribution is 0.124. The number of benzene rings is 1. The van der Waals surface area contributed by atoms with Crippen molar-refractivity contribution in [3.8, 4) is 0 Å². The Bertz CT molecular complexity index is 579. The van der Waals surface area contributed by atoms with Crippen molar-refractivity contribution in [1.29, 1.82) is 0 Å². The van der Waals surface area contributed by atoms with E-state index in [4.69, 9.17) is 0 Å². The minimum atomic E-state index is -0.533. The van der Waals surface area contributed by atoms with Crippen LogP contribution in [0.5, 0.6) is 0 Å². The highest BCUT2D eigenvalue weighted by Crippen LogP contribution is 2.28. The van der Waals surface area contributed by atoms with Crippen molar-refractivity contribution in [3.63, 3.8) is 0 Å². The maximum absolute atomic E-state index is 13.7. The summed E-state index contributed by atoms with van der Waals surface area (Å²) in [6, 6.07) is 4.47. The van der Waals surface area contributed by atoms with Gasteiger partial charge in [0.05, 0.1) is 6.17 Å². The maximum Gasteiger partial charge on any atom is 0.133 e. The van der Waals surface area contributed by atoms with Gasteiger partial charge < -0.3 is 0 Å². The quantitative estimate of drug-likeness (QED) is 0.839. The second kappa shape index (κ2) is 8.21. The molecule has 1 saturated heterocycles. The van der Waals surface area contributed by atoms with Crippen molar-refractivity contribution >= 4 is 6.08 Å². The molecular formula is C20H28F2N2. The second-order valence-electron chi connectivity index (χ2n) is 7.23. The van der Waals surface area contributed by atoms with Gasteiger partial charge >= 0.3 is 0 Å². The Morgan fingerprint density at radius 2 is 1.96 bits per heavy atom. The van der Waals surface area contributed by atoms with Crippen LogP contribution in [0, 0.1) is 11.6 Å². The Balaban J connectivity index is 1.56. The molecule has 4 heteroatoms. The van der Waals surface area contributed by atoms with Crippen molar-refractivity contribution in [1.82, 2.24) is 10.2 Å². The fourth-order valence-electron chi connectivity index (χ4n) is 4.07. The SMILES string of the molecule is C/C(=C\c1ccc(F)cc1F)CN[C@@H]1CCCN1C1CCCCC1. The molecule has 132 valence electrons. The van der Waals surface area contributed by atoms with E-state index in [1.807, 2.05) is 13.0 Å². The summed E-state index contributed by atoms with van der Waals surface area (Å²) in [6.07, 6.45) is 11.4. The van der Waals surface area contributed by atoms with Gasteiger partial charge in [0.25, 0.3) is 0 Å². The molecule has 1 aliphatic carbocycles. The molecule has 1 N–H and O–H groups in total. The minimum Gasteiger partial charge on any atom is -0.298 e. The van der Waals surface area contributed by atoms with Crippen LogP contribution in [0.1, 0.15) is 57.4 Å². The first-order valence-electron chi connectivity index (χ1n) is 9.25. The van der Waals surface area contributed by atoms with E-state index in [2.05, 4.69) is 10.2 Å². The largest absolute Gasteiger partial charge is 0.298 e. The molecule has 1 aromatic carbocycles. The normalized spacial score (nSPS) is 23.8. The summed E-state index contributed by atoms with van der Waals surface area (Å²) in [5, 5.41) is 3.64. The second-order valence-corrected chi connectivity index (χ2v) is 7.23. The molecule has 0 radical (unpaired) electrons. The lowest BCUT2D eigenvalue weighted by atomic mass is 9.94. The molecule has 0 unspecified atom stereocenters. The summed E-state index contributed by atoms with van der Waals surface area (Å²) in [6.45, 7) is 3.93. The van der Waals surface area contributed by atoms with Crippen LogP contribution in [0.3, 0.4) is 0 Å². The predicted molar refractivity (Wildman–Crippen MR) is 94.6 cm³/mol. The van der Waals surface area contributed by atoms with Crippen molar-refractivity contribution in [2.45, 2.75) is 64.1 Å². The van der Waals surface area contributed by atoms with Gasteiger partial charge in [0.15, 0.2) is 0 Å². The first-order valence-corrected chi connectivity index (χ1v) is 9.25. The molecule has 1 aliphatic heterocycles. The van der Waals surface area contributed by atoms with Crippen LogP contribution in [0.15, 0.2) is 23.8 Å². The summed E-state index contributed by atoms with van der Waals surface area (Å²) in [4.78, 5) is 2.64. The van der Waals surface area contributed by atoms with E-state index in [0.717, 1.165) is 24.2 Å². The first-order chi connectivity index (χ1) is 11.6. The zero-order chi connectivity index (χ0) is 16.9. The van der Waals surface area contributed by atoms with E-state index < -0.39 is 11.6 Å². The molecule has 3 rings (SSSR count). The summed E-state index contributed by atoms with van der Waals surface area (Å²) < 4.78 is 26.7. The Hall–Kier alpha value is -1.26. The molecular weight excluding hydrogens is 306 g/mol. The number of nitrogens with zero attached hydrogens (tertiary/aromatic N) is 1. The Morgan fingerprint density at radius 1 is 1.17 bits per heavy atom. The lowest BCUT2D eigenvalue weighted by Crippen LogP contribution is -2.47. The van der Waals surface area contributed by atoms with E-state index in [1.165, 1.54) is 63.6 Å². The fraction of sp³-hybridized carbons (Fsp3) is 0.600. The smallest absolute Gasteiger partial charge is 0.133 e. The van der Waals surface area contributed by atoms with Gasteiger partial charge in [0.2, 0.25) is 0 Å². The van der Waals surface area contributed by atoms with Crippen LogP contribution < -0.4 is 5.32 Å². The van der Waals surface area contributed by atoms with Crippen molar-refractivity contribution in [2.24, 2.45) is 0 Å². The highest BCUT2D eigenvalue weighted by atomic mass is 19.1. The minimum absolute atomic E-state index is 0.439. The third kappa shape index (κ3) is 4.42. The molecule has 0 aromatic heterocycles. The predicted octanol–water partition coefficient (Wildman–Crippen LogP) is 4.71. The zero-order valence-corrected chi connectivity index (χ0v) is 14.5. The van der Waals surface area contributed by atoms with E-state index in [-0.39, 0.29) is 0 Å². The van der Waals surface area contributed by atoms with Gasteiger partial charge in [-0.25, -0.2) is 8.78 Å². The summed E-state index contributed by atoms with van der Waals surface area (Å²) in [5.74, 6) is -1.03. The number of halogens is 2. The zero-order valence-electron chi connectivity index (χ0n) is 14.5. The summed E-state index contributed by atoms with van der Waals surface area (Å²) in [7, 11) is 0. The van der Waals surface area contributed by atoms with Crippen LogP contribution in [0.2, 0.25) is 0 Å². The lowest BCUT2D eigenvalue weighted by Gasteiger charge is -2.36. The number of rotatable bonds is 5. The average Bonchev–Trinajstić information content (AvgIpc) is 3.05. The maximum atomic E-state index is 13.7. The van der Waals surface area contributed by atoms with Crippen LogP contribution in [0.25, 0.3) is 6.08 Å². The molecule has 0 spiro atoms. The van der Waals surface area contributed by atoms with E-state index in [0.29, 0.717) is 11.7 Å². The molecule has 2 nitrogen and oxygen atoms in total. The Kier molecular flexibility index (Phi) is 6.01. The molecule has 1 heterocycles. The molecule has 1 atom stereocenters. The third-order valence-electron chi connectivity index (χ3n) is 5.32. The van der Waals surface area contributed by atoms with E-state index in [9.17, 15) is 8.78 Å². The molecule has 0 bridgehead atoms. The van der Waals surface area contributed by atoms with Gasteiger partial charge in [0, 0.05) is 30.8 Å². The standard InChI is InChI=1S/C20H28F2N2/c1-15(12-16-9-10-17(21)13-19(16)22)14-23-20-8-5-11-24(20)18-6-3-2-4-7-18/h9-10,12-13,18,20,23H,2-8,11,14H2,1H3/b15-12+/t20-/m0/s1. The van der Waals surface area contributed by atoms with Gasteiger partial charge in [-0.15, -0.1) is 0 Å². The van der Waals surface area contributed by atoms with E-state index >= 15 is 0 Å². The third-order valence-corrected chi connectivity index (χ3v) is 5.32. The molecule has 24 heavy (non-hydrogen) atoms. The summed E-state index contributed by atoms with van der Waals surface area (Å²) in [5.41, 5.74) is 1.52. The Morgan fingerprint density at radius 3 is 2.71 bits per heavy atom. The van der Waals surface area contributed by atoms with Crippen molar-refractivity contribution in [2.75, 3.05) is 13.1 Å². The topological polar surface area (TPSA) is 15.3 Å². The number of hydrogen-bond acceptors (Lipinski definition) is 2. The highest BCUT2D eigenvalue weighted by molar-refractivity contribution is 5.53. The fourth-order valence-corrected chi connectivity index (χ4v) is 4.07. The van der Waals surface area contributed by atoms with Crippen molar-refractivity contribution < 1.29 is 8.78 Å². The van der Waals surface area contributed by atoms with E-state index in [1.54, 1.807) is 0 Å². The molecule has 1 aromatic rings. The van der Waals surface area contributed by atoms with Crippen LogP contribution in [-0.4, -0.2) is 30.2 Å². The number of hydrogen-bond donors (Lipinski definition) is 1.